The van der Waals surface area contributed by atoms with Gasteiger partial charge in [0.2, 0.25) is 0 Å². The van der Waals surface area contributed by atoms with Crippen LogP contribution in [0.2, 0.25) is 0 Å². The fourth-order valence-electron chi connectivity index (χ4n) is 1.45. The van der Waals surface area contributed by atoms with Gasteiger partial charge in [-0.15, -0.1) is 0 Å². The molecule has 0 spiro atoms. The Morgan fingerprint density at radius 1 is 1.54 bits per heavy atom. The van der Waals surface area contributed by atoms with E-state index in [-0.39, 0.29) is 11.8 Å². The molecule has 72 valence electrons. The van der Waals surface area contributed by atoms with E-state index in [9.17, 15) is 8.42 Å². The van der Waals surface area contributed by atoms with Crippen LogP contribution in [0.4, 0.5) is 0 Å². The highest BCUT2D eigenvalue weighted by molar-refractivity contribution is 7.91. The van der Waals surface area contributed by atoms with Crippen molar-refractivity contribution in [2.75, 3.05) is 5.75 Å². The second-order valence-electron chi connectivity index (χ2n) is 3.58. The van der Waals surface area contributed by atoms with Crippen LogP contribution in [0.15, 0.2) is 11.1 Å². The Labute approximate surface area is 77.5 Å². The zero-order chi connectivity index (χ0) is 9.64. The van der Waals surface area contributed by atoms with E-state index < -0.39 is 9.84 Å². The Hall–Kier alpha value is -0.840. The Morgan fingerprint density at radius 3 is 2.77 bits per heavy atom. The van der Waals surface area contributed by atoms with Crippen molar-refractivity contribution in [3.63, 3.8) is 0 Å². The number of nitrogens with zero attached hydrogens (tertiary/aromatic N) is 2. The smallest absolute Gasteiger partial charge is 0.182 e. The fourth-order valence-corrected chi connectivity index (χ4v) is 2.90. The first kappa shape index (κ1) is 8.74. The lowest BCUT2D eigenvalue weighted by Crippen LogP contribution is -2.05. The van der Waals surface area contributed by atoms with Gasteiger partial charge in [0.15, 0.2) is 9.84 Å². The summed E-state index contributed by atoms with van der Waals surface area (Å²) < 4.78 is 24.6. The first-order valence-corrected chi connectivity index (χ1v) is 5.97. The van der Waals surface area contributed by atoms with Crippen LogP contribution in [-0.2, 0) is 16.3 Å². The summed E-state index contributed by atoms with van der Waals surface area (Å²) in [5.74, 6) is 0.226. The first-order chi connectivity index (χ1) is 6.00. The molecule has 0 saturated heterocycles. The van der Waals surface area contributed by atoms with E-state index in [0.29, 0.717) is 11.3 Å². The van der Waals surface area contributed by atoms with Gasteiger partial charge in [0.05, 0.1) is 11.4 Å². The molecule has 0 N–H and O–H groups in total. The van der Waals surface area contributed by atoms with Crippen molar-refractivity contribution in [1.29, 1.82) is 0 Å². The Morgan fingerprint density at radius 2 is 2.23 bits per heavy atom. The zero-order valence-corrected chi connectivity index (χ0v) is 8.50. The van der Waals surface area contributed by atoms with Gasteiger partial charge in [-0.05, 0) is 13.8 Å². The van der Waals surface area contributed by atoms with Crippen molar-refractivity contribution < 1.29 is 8.42 Å². The van der Waals surface area contributed by atoms with E-state index >= 15 is 0 Å². The zero-order valence-electron chi connectivity index (χ0n) is 7.69. The molecule has 5 heteroatoms. The summed E-state index contributed by atoms with van der Waals surface area (Å²) >= 11 is 0. The van der Waals surface area contributed by atoms with E-state index in [1.807, 2.05) is 13.8 Å². The molecule has 0 amide bonds. The van der Waals surface area contributed by atoms with Gasteiger partial charge < -0.3 is 0 Å². The first-order valence-electron chi connectivity index (χ1n) is 4.31. The van der Waals surface area contributed by atoms with Crippen molar-refractivity contribution in [3.8, 4) is 0 Å². The maximum Gasteiger partial charge on any atom is 0.182 e. The van der Waals surface area contributed by atoms with E-state index in [0.717, 1.165) is 5.69 Å². The van der Waals surface area contributed by atoms with Gasteiger partial charge in [0.25, 0.3) is 0 Å². The van der Waals surface area contributed by atoms with Crippen LogP contribution in [0.25, 0.3) is 0 Å². The lowest BCUT2D eigenvalue weighted by Gasteiger charge is -2.03. The predicted molar refractivity (Wildman–Crippen MR) is 48.4 cm³/mol. The molecule has 2 rings (SSSR count). The molecule has 0 saturated carbocycles. The predicted octanol–water partition coefficient (Wildman–Crippen LogP) is 0.794. The molecule has 2 heterocycles. The lowest BCUT2D eigenvalue weighted by atomic mass is 10.3. The molecule has 1 aromatic rings. The molecule has 0 aromatic carbocycles. The third-order valence-corrected chi connectivity index (χ3v) is 3.99. The minimum Gasteiger partial charge on any atom is -0.269 e. The minimum absolute atomic E-state index is 0.223. The average Bonchev–Trinajstić information content (AvgIpc) is 2.53. The maximum absolute atomic E-state index is 11.4. The summed E-state index contributed by atoms with van der Waals surface area (Å²) in [7, 11) is -3.00. The van der Waals surface area contributed by atoms with E-state index in [2.05, 4.69) is 5.10 Å². The van der Waals surface area contributed by atoms with Crippen molar-refractivity contribution in [1.82, 2.24) is 9.78 Å². The molecular weight excluding hydrogens is 188 g/mol. The summed E-state index contributed by atoms with van der Waals surface area (Å²) in [4.78, 5) is 0.432. The summed E-state index contributed by atoms with van der Waals surface area (Å²) in [6.07, 6.45) is 2.21. The summed E-state index contributed by atoms with van der Waals surface area (Å²) in [5, 5.41) is 4.22. The number of aryl methyl sites for hydroxylation is 1. The molecule has 1 aliphatic heterocycles. The molecule has 0 atom stereocenters. The summed E-state index contributed by atoms with van der Waals surface area (Å²) in [6, 6.07) is 0.223. The van der Waals surface area contributed by atoms with Gasteiger partial charge in [-0.2, -0.15) is 5.10 Å². The third-order valence-electron chi connectivity index (χ3n) is 2.24. The Bertz CT molecular complexity index is 431. The molecule has 0 radical (unpaired) electrons. The molecule has 4 nitrogen and oxygen atoms in total. The minimum atomic E-state index is -3.00. The van der Waals surface area contributed by atoms with Crippen LogP contribution in [-0.4, -0.2) is 24.0 Å². The van der Waals surface area contributed by atoms with E-state index in [1.165, 1.54) is 0 Å². The van der Waals surface area contributed by atoms with Crippen LogP contribution < -0.4 is 0 Å². The van der Waals surface area contributed by atoms with Crippen LogP contribution in [0, 0.1) is 0 Å². The molecular formula is C8H12N2O2S. The molecule has 0 aliphatic carbocycles. The molecule has 13 heavy (non-hydrogen) atoms. The fraction of sp³-hybridized carbons (Fsp3) is 0.625. The number of hydrogen-bond donors (Lipinski definition) is 0. The molecule has 1 aromatic heterocycles. The number of sulfone groups is 1. The molecule has 1 aliphatic rings. The SMILES string of the molecule is CC(C)n1cc2c(n1)CCS2(=O)=O. The van der Waals surface area contributed by atoms with Gasteiger partial charge in [0.1, 0.15) is 4.90 Å². The van der Waals surface area contributed by atoms with Crippen molar-refractivity contribution in [3.05, 3.63) is 11.9 Å². The molecule has 0 unspecified atom stereocenters. The highest BCUT2D eigenvalue weighted by atomic mass is 32.2. The van der Waals surface area contributed by atoms with E-state index in [1.54, 1.807) is 10.9 Å². The van der Waals surface area contributed by atoms with Crippen LogP contribution in [0.3, 0.4) is 0 Å². The van der Waals surface area contributed by atoms with Gasteiger partial charge in [-0.3, -0.25) is 4.68 Å². The quantitative estimate of drug-likeness (QED) is 0.673. The molecule has 0 bridgehead atoms. The standard InChI is InChI=1S/C8H12N2O2S/c1-6(2)10-5-8-7(9-10)3-4-13(8,11)12/h5-6H,3-4H2,1-2H3. The second-order valence-corrected chi connectivity index (χ2v) is 5.66. The van der Waals surface area contributed by atoms with Crippen LogP contribution >= 0.6 is 0 Å². The van der Waals surface area contributed by atoms with Crippen molar-refractivity contribution >= 4 is 9.84 Å². The lowest BCUT2D eigenvalue weighted by molar-refractivity contribution is 0.525. The number of rotatable bonds is 1. The van der Waals surface area contributed by atoms with Crippen molar-refractivity contribution in [2.24, 2.45) is 0 Å². The number of fused-ring (bicyclic) bond motifs is 1. The largest absolute Gasteiger partial charge is 0.269 e. The highest BCUT2D eigenvalue weighted by Crippen LogP contribution is 2.25. The van der Waals surface area contributed by atoms with Crippen LogP contribution in [0.5, 0.6) is 0 Å². The van der Waals surface area contributed by atoms with Gasteiger partial charge in [-0.1, -0.05) is 0 Å². The van der Waals surface area contributed by atoms with Gasteiger partial charge >= 0.3 is 0 Å². The third kappa shape index (κ3) is 1.27. The average molecular weight is 200 g/mol. The molecule has 0 fully saturated rings. The normalized spacial score (nSPS) is 19.3. The van der Waals surface area contributed by atoms with Crippen LogP contribution in [0.1, 0.15) is 25.6 Å². The van der Waals surface area contributed by atoms with Gasteiger partial charge in [-0.25, -0.2) is 8.42 Å². The van der Waals surface area contributed by atoms with E-state index in [4.69, 9.17) is 0 Å². The highest BCUT2D eigenvalue weighted by Gasteiger charge is 2.29. The second kappa shape index (κ2) is 2.57. The Balaban J connectivity index is 2.55. The van der Waals surface area contributed by atoms with Gasteiger partial charge in [0, 0.05) is 18.7 Å². The Kier molecular flexibility index (Phi) is 1.73. The van der Waals surface area contributed by atoms with Crippen molar-refractivity contribution in [2.45, 2.75) is 31.2 Å². The summed E-state index contributed by atoms with van der Waals surface area (Å²) in [5.41, 5.74) is 0.730. The number of aromatic nitrogens is 2. The monoisotopic (exact) mass is 200 g/mol. The number of hydrogen-bond acceptors (Lipinski definition) is 3. The summed E-state index contributed by atoms with van der Waals surface area (Å²) in [6.45, 7) is 3.96. The topological polar surface area (TPSA) is 52.0 Å². The maximum atomic E-state index is 11.4.